The van der Waals surface area contributed by atoms with Crippen LogP contribution in [0.25, 0.3) is 0 Å². The minimum atomic E-state index is -4.73. The lowest BCUT2D eigenvalue weighted by atomic mass is 9.79. The molecule has 3 rings (SSSR count). The average Bonchev–Trinajstić information content (AvgIpc) is 3.28. The summed E-state index contributed by atoms with van der Waals surface area (Å²) in [6, 6.07) is 1.50. The molecule has 0 aromatic heterocycles. The van der Waals surface area contributed by atoms with Crippen molar-refractivity contribution < 1.29 is 23.1 Å². The summed E-state index contributed by atoms with van der Waals surface area (Å²) in [5, 5.41) is 13.7. The fourth-order valence-corrected chi connectivity index (χ4v) is 3.20. The maximum Gasteiger partial charge on any atom is 0.419 e. The van der Waals surface area contributed by atoms with Crippen LogP contribution in [-0.2, 0) is 12.1 Å². The predicted molar refractivity (Wildman–Crippen MR) is 79.2 cm³/mol. The van der Waals surface area contributed by atoms with Crippen molar-refractivity contribution in [1.82, 2.24) is 5.32 Å². The van der Waals surface area contributed by atoms with Crippen LogP contribution in [0.3, 0.4) is 0 Å². The van der Waals surface area contributed by atoms with Gasteiger partial charge in [0, 0.05) is 16.3 Å². The van der Waals surface area contributed by atoms with E-state index in [1.165, 1.54) is 13.0 Å². The van der Waals surface area contributed by atoms with Crippen molar-refractivity contribution in [3.8, 4) is 0 Å². The van der Waals surface area contributed by atoms with E-state index in [2.05, 4.69) is 10.6 Å². The van der Waals surface area contributed by atoms with E-state index >= 15 is 0 Å². The number of halogens is 4. The Bertz CT molecular complexity index is 724. The normalized spacial score (nSPS) is 23.0. The van der Waals surface area contributed by atoms with E-state index in [0.717, 1.165) is 6.07 Å². The second-order valence-corrected chi connectivity index (χ2v) is 6.11. The third kappa shape index (κ3) is 2.38. The highest BCUT2D eigenvalue weighted by atomic mass is 35.5. The predicted octanol–water partition coefficient (Wildman–Crippen LogP) is 3.84. The summed E-state index contributed by atoms with van der Waals surface area (Å²) in [7, 11) is 0. The highest BCUT2D eigenvalue weighted by Gasteiger charge is 2.61. The number of carbonyl (C=O) groups is 1. The number of nitrogens with one attached hydrogen (secondary N) is 2. The van der Waals surface area contributed by atoms with Crippen molar-refractivity contribution in [1.29, 1.82) is 0 Å². The number of fused-ring (bicyclic) bond motifs is 1. The zero-order valence-electron chi connectivity index (χ0n) is 12.1. The van der Waals surface area contributed by atoms with Crippen LogP contribution in [0.4, 0.5) is 23.7 Å². The Morgan fingerprint density at radius 3 is 2.57 bits per heavy atom. The molecule has 0 bridgehead atoms. The smallest absolute Gasteiger partial charge is 0.392 e. The highest BCUT2D eigenvalue weighted by molar-refractivity contribution is 6.31. The molecular weight excluding hydrogens is 333 g/mol. The maximum absolute atomic E-state index is 14.0. The van der Waals surface area contributed by atoms with Crippen LogP contribution >= 0.6 is 11.6 Å². The number of benzene rings is 1. The Morgan fingerprint density at radius 2 is 2.04 bits per heavy atom. The molecule has 1 aromatic carbocycles. The number of alkyl halides is 3. The number of urea groups is 1. The van der Waals surface area contributed by atoms with Crippen LogP contribution in [0.1, 0.15) is 30.9 Å². The lowest BCUT2D eigenvalue weighted by Crippen LogP contribution is -2.60. The van der Waals surface area contributed by atoms with Crippen LogP contribution in [0.2, 0.25) is 5.02 Å². The maximum atomic E-state index is 14.0. The first-order chi connectivity index (χ1) is 10.7. The lowest BCUT2D eigenvalue weighted by molar-refractivity contribution is -0.185. The van der Waals surface area contributed by atoms with E-state index in [1.807, 2.05) is 0 Å². The molecule has 0 saturated heterocycles. The Balaban J connectivity index is 2.33. The molecule has 2 aliphatic rings. The fraction of sp³-hybridized carbons (Fsp3) is 0.400. The third-order valence-corrected chi connectivity index (χ3v) is 4.68. The van der Waals surface area contributed by atoms with Crippen LogP contribution in [0.15, 0.2) is 23.3 Å². The van der Waals surface area contributed by atoms with E-state index in [-0.39, 0.29) is 27.4 Å². The van der Waals surface area contributed by atoms with E-state index in [4.69, 9.17) is 11.6 Å². The third-order valence-electron chi connectivity index (χ3n) is 4.33. The number of aliphatic hydroxyl groups excluding tert-OH is 1. The summed E-state index contributed by atoms with van der Waals surface area (Å²) in [6.07, 6.45) is -3.56. The van der Waals surface area contributed by atoms with Gasteiger partial charge in [-0.25, -0.2) is 4.79 Å². The molecule has 8 heteroatoms. The number of amides is 2. The van der Waals surface area contributed by atoms with E-state index in [0.29, 0.717) is 18.4 Å². The number of allylic oxidation sites excluding steroid dienone is 1. The number of hydrogen-bond donors (Lipinski definition) is 3. The Hall–Kier alpha value is -1.73. The monoisotopic (exact) mass is 346 g/mol. The molecule has 3 N–H and O–H groups in total. The Morgan fingerprint density at radius 1 is 1.39 bits per heavy atom. The minimum Gasteiger partial charge on any atom is -0.392 e. The van der Waals surface area contributed by atoms with Gasteiger partial charge in [0.2, 0.25) is 0 Å². The van der Waals surface area contributed by atoms with Gasteiger partial charge in [0.1, 0.15) is 0 Å². The highest BCUT2D eigenvalue weighted by Crippen LogP contribution is 2.52. The molecule has 1 aliphatic heterocycles. The molecule has 0 unspecified atom stereocenters. The molecule has 1 aromatic rings. The zero-order valence-corrected chi connectivity index (χ0v) is 12.9. The Kier molecular flexibility index (Phi) is 3.61. The van der Waals surface area contributed by atoms with Crippen LogP contribution < -0.4 is 10.6 Å². The molecule has 1 heterocycles. The molecule has 1 atom stereocenters. The van der Waals surface area contributed by atoms with Crippen molar-refractivity contribution in [2.24, 2.45) is 0 Å². The quantitative estimate of drug-likeness (QED) is 0.713. The van der Waals surface area contributed by atoms with Gasteiger partial charge in [-0.2, -0.15) is 13.2 Å². The molecule has 23 heavy (non-hydrogen) atoms. The molecule has 0 spiro atoms. The second kappa shape index (κ2) is 5.14. The van der Waals surface area contributed by atoms with Crippen molar-refractivity contribution in [3.63, 3.8) is 0 Å². The SMILES string of the molecule is CC(=C1CC1)[C@]1(C(F)(F)F)NC(=O)Nc2cc(CO)c(Cl)cc21. The van der Waals surface area contributed by atoms with Crippen molar-refractivity contribution in [3.05, 3.63) is 39.4 Å². The summed E-state index contributed by atoms with van der Waals surface area (Å²) in [4.78, 5) is 11.9. The first kappa shape index (κ1) is 16.1. The minimum absolute atomic E-state index is 0.000116. The summed E-state index contributed by atoms with van der Waals surface area (Å²) < 4.78 is 42.1. The van der Waals surface area contributed by atoms with E-state index < -0.39 is 24.4 Å². The number of carbonyl (C=O) groups excluding carboxylic acids is 1. The first-order valence-corrected chi connectivity index (χ1v) is 7.37. The summed E-state index contributed by atoms with van der Waals surface area (Å²) >= 11 is 5.99. The second-order valence-electron chi connectivity index (χ2n) is 5.70. The molecule has 2 amide bonds. The van der Waals surface area contributed by atoms with Gasteiger partial charge >= 0.3 is 12.2 Å². The zero-order chi connectivity index (χ0) is 17.0. The van der Waals surface area contributed by atoms with Gasteiger partial charge < -0.3 is 15.7 Å². The van der Waals surface area contributed by atoms with Gasteiger partial charge in [0.05, 0.1) is 6.61 Å². The summed E-state index contributed by atoms with van der Waals surface area (Å²) in [5.41, 5.74) is -1.76. The fourth-order valence-electron chi connectivity index (χ4n) is 2.98. The molecule has 1 saturated carbocycles. The van der Waals surface area contributed by atoms with Gasteiger partial charge in [-0.15, -0.1) is 0 Å². The molecule has 1 fully saturated rings. The molecule has 124 valence electrons. The topological polar surface area (TPSA) is 61.4 Å². The largest absolute Gasteiger partial charge is 0.419 e. The number of aliphatic hydroxyl groups is 1. The molecular formula is C15H14ClF3N2O2. The van der Waals surface area contributed by atoms with Gasteiger partial charge in [0.15, 0.2) is 5.54 Å². The number of anilines is 1. The van der Waals surface area contributed by atoms with Gasteiger partial charge in [-0.05, 0) is 43.0 Å². The van der Waals surface area contributed by atoms with Crippen molar-refractivity contribution in [2.75, 3.05) is 5.32 Å². The van der Waals surface area contributed by atoms with Gasteiger partial charge in [-0.1, -0.05) is 17.2 Å². The summed E-state index contributed by atoms with van der Waals surface area (Å²) in [6.45, 7) is 0.952. The summed E-state index contributed by atoms with van der Waals surface area (Å²) in [5.74, 6) is 0. The van der Waals surface area contributed by atoms with Crippen molar-refractivity contribution in [2.45, 2.75) is 38.1 Å². The van der Waals surface area contributed by atoms with Crippen molar-refractivity contribution >= 4 is 23.3 Å². The van der Waals surface area contributed by atoms with Crippen LogP contribution in [0.5, 0.6) is 0 Å². The van der Waals surface area contributed by atoms with Gasteiger partial charge in [-0.3, -0.25) is 0 Å². The number of rotatable bonds is 2. The molecule has 1 aliphatic carbocycles. The Labute approximate surface area is 135 Å². The molecule has 0 radical (unpaired) electrons. The van der Waals surface area contributed by atoms with Crippen LogP contribution in [-0.4, -0.2) is 17.3 Å². The average molecular weight is 347 g/mol. The first-order valence-electron chi connectivity index (χ1n) is 6.99. The lowest BCUT2D eigenvalue weighted by Gasteiger charge is -2.42. The van der Waals surface area contributed by atoms with Crippen LogP contribution in [0, 0.1) is 0 Å². The standard InChI is InChI=1S/C15H14ClF3N2O2/c1-7(8-2-3-8)14(15(17,18)19)10-5-11(16)9(6-22)4-12(10)20-13(23)21-14/h4-5,22H,2-3,6H2,1H3,(H2,20,21,23)/t14-/m0/s1. The van der Waals surface area contributed by atoms with E-state index in [1.54, 1.807) is 0 Å². The van der Waals surface area contributed by atoms with Gasteiger partial charge in [0.25, 0.3) is 0 Å². The molecule has 4 nitrogen and oxygen atoms in total. The number of hydrogen-bond acceptors (Lipinski definition) is 2. The van der Waals surface area contributed by atoms with E-state index in [9.17, 15) is 23.1 Å².